The van der Waals surface area contributed by atoms with Crippen LogP contribution in [0, 0.1) is 6.92 Å². The van der Waals surface area contributed by atoms with Crippen LogP contribution in [-0.4, -0.2) is 23.7 Å². The van der Waals surface area contributed by atoms with Crippen molar-refractivity contribution in [2.45, 2.75) is 51.6 Å². The van der Waals surface area contributed by atoms with E-state index >= 15 is 0 Å². The molecule has 0 aliphatic heterocycles. The molecule has 0 spiro atoms. The highest BCUT2D eigenvalue weighted by molar-refractivity contribution is 7.12. The number of aryl methyl sites for hydroxylation is 1. The molecule has 0 unspecified atom stereocenters. The van der Waals surface area contributed by atoms with Crippen LogP contribution >= 0.6 is 11.3 Å². The molecular weight excluding hydrogens is 338 g/mol. The number of aromatic nitrogens is 2. The highest BCUT2D eigenvalue weighted by Crippen LogP contribution is 2.28. The van der Waals surface area contributed by atoms with Gasteiger partial charge in [0, 0.05) is 6.07 Å². The van der Waals surface area contributed by atoms with Gasteiger partial charge >= 0.3 is 5.97 Å². The Morgan fingerprint density at radius 2 is 2.12 bits per heavy atom. The van der Waals surface area contributed by atoms with Crippen molar-refractivity contribution in [3.05, 3.63) is 34.3 Å². The summed E-state index contributed by atoms with van der Waals surface area (Å²) in [6.07, 6.45) is 10.1. The number of hydrogen-bond donors (Lipinski definition) is 1. The van der Waals surface area contributed by atoms with Gasteiger partial charge in [0.2, 0.25) is 6.54 Å². The van der Waals surface area contributed by atoms with Gasteiger partial charge in [-0.05, 0) is 30.7 Å². The van der Waals surface area contributed by atoms with Crippen molar-refractivity contribution in [2.24, 2.45) is 0 Å². The lowest BCUT2D eigenvalue weighted by atomic mass is 9.96. The molecule has 1 fully saturated rings. The SMILES string of the molecule is COC(=O)c1scc(C)c1NC(=O)C[n+]1cccn1C1CCCCC1. The Morgan fingerprint density at radius 1 is 1.36 bits per heavy atom. The molecule has 2 heterocycles. The van der Waals surface area contributed by atoms with Crippen LogP contribution in [0.3, 0.4) is 0 Å². The van der Waals surface area contributed by atoms with Gasteiger partial charge < -0.3 is 10.1 Å². The lowest BCUT2D eigenvalue weighted by Crippen LogP contribution is -2.48. The number of esters is 1. The molecule has 25 heavy (non-hydrogen) atoms. The summed E-state index contributed by atoms with van der Waals surface area (Å²) in [6, 6.07) is 2.43. The molecule has 6 nitrogen and oxygen atoms in total. The third-order valence-electron chi connectivity index (χ3n) is 4.66. The number of nitrogens with zero attached hydrogens (tertiary/aromatic N) is 2. The summed E-state index contributed by atoms with van der Waals surface area (Å²) >= 11 is 1.28. The second-order valence-corrected chi connectivity index (χ2v) is 7.30. The molecule has 0 aromatic carbocycles. The van der Waals surface area contributed by atoms with Gasteiger partial charge in [0.1, 0.15) is 4.88 Å². The summed E-state index contributed by atoms with van der Waals surface area (Å²) in [5.41, 5.74) is 1.42. The molecule has 0 atom stereocenters. The fourth-order valence-electron chi connectivity index (χ4n) is 3.37. The maximum atomic E-state index is 12.5. The van der Waals surface area contributed by atoms with Gasteiger partial charge in [-0.25, -0.2) is 4.79 Å². The van der Waals surface area contributed by atoms with E-state index in [1.165, 1.54) is 37.7 Å². The molecule has 2 aromatic rings. The van der Waals surface area contributed by atoms with Crippen molar-refractivity contribution in [1.82, 2.24) is 4.68 Å². The monoisotopic (exact) mass is 362 g/mol. The van der Waals surface area contributed by atoms with Gasteiger partial charge in [-0.2, -0.15) is 4.68 Å². The van der Waals surface area contributed by atoms with E-state index in [1.54, 1.807) is 0 Å². The molecule has 1 N–H and O–H groups in total. The fraction of sp³-hybridized carbons (Fsp3) is 0.500. The van der Waals surface area contributed by atoms with Crippen LogP contribution in [0.4, 0.5) is 5.69 Å². The van der Waals surface area contributed by atoms with Gasteiger partial charge in [0.15, 0.2) is 6.20 Å². The zero-order valence-corrected chi connectivity index (χ0v) is 15.5. The minimum Gasteiger partial charge on any atom is -0.465 e. The number of thiophene rings is 1. The Balaban J connectivity index is 1.71. The number of methoxy groups -OCH3 is 1. The van der Waals surface area contributed by atoms with Crippen LogP contribution in [0.1, 0.15) is 53.4 Å². The van der Waals surface area contributed by atoms with Crippen molar-refractivity contribution >= 4 is 28.9 Å². The van der Waals surface area contributed by atoms with E-state index in [0.29, 0.717) is 16.6 Å². The number of amides is 1. The van der Waals surface area contributed by atoms with E-state index in [-0.39, 0.29) is 12.5 Å². The van der Waals surface area contributed by atoms with E-state index < -0.39 is 5.97 Å². The van der Waals surface area contributed by atoms with Crippen LogP contribution in [0.15, 0.2) is 23.8 Å². The van der Waals surface area contributed by atoms with Crippen molar-refractivity contribution in [3.8, 4) is 0 Å². The third kappa shape index (κ3) is 3.92. The summed E-state index contributed by atoms with van der Waals surface area (Å²) in [6.45, 7) is 2.09. The first-order valence-corrected chi connectivity index (χ1v) is 9.51. The Morgan fingerprint density at radius 3 is 2.84 bits per heavy atom. The molecule has 2 aromatic heterocycles. The maximum absolute atomic E-state index is 12.5. The van der Waals surface area contributed by atoms with Gasteiger partial charge in [0.25, 0.3) is 5.91 Å². The summed E-state index contributed by atoms with van der Waals surface area (Å²) < 4.78 is 8.90. The lowest BCUT2D eigenvalue weighted by molar-refractivity contribution is -0.767. The lowest BCUT2D eigenvalue weighted by Gasteiger charge is -2.20. The molecule has 0 bridgehead atoms. The van der Waals surface area contributed by atoms with Gasteiger partial charge in [0.05, 0.1) is 25.0 Å². The predicted octanol–water partition coefficient (Wildman–Crippen LogP) is 3.08. The number of carbonyl (C=O) groups is 2. The van der Waals surface area contributed by atoms with E-state index in [4.69, 9.17) is 4.74 Å². The number of anilines is 1. The maximum Gasteiger partial charge on any atom is 0.350 e. The van der Waals surface area contributed by atoms with Crippen molar-refractivity contribution in [3.63, 3.8) is 0 Å². The van der Waals surface area contributed by atoms with Gasteiger partial charge in [-0.3, -0.25) is 4.79 Å². The average molecular weight is 362 g/mol. The summed E-state index contributed by atoms with van der Waals surface area (Å²) in [4.78, 5) is 24.8. The standard InChI is InChI=1S/C18H23N3O3S/c1-13-12-25-17(18(23)24-2)16(13)19-15(22)11-20-9-6-10-21(20)14-7-4-3-5-8-14/h6,9-10,12,14H,3-5,7-8,11H2,1-2H3/p+1. The van der Waals surface area contributed by atoms with Gasteiger partial charge in [-0.15, -0.1) is 16.0 Å². The minimum absolute atomic E-state index is 0.146. The molecule has 134 valence electrons. The first-order valence-electron chi connectivity index (χ1n) is 8.63. The van der Waals surface area contributed by atoms with Gasteiger partial charge in [-0.1, -0.05) is 19.3 Å². The number of rotatable bonds is 5. The first kappa shape index (κ1) is 17.7. The summed E-state index contributed by atoms with van der Waals surface area (Å²) in [5, 5.41) is 4.73. The molecule has 3 rings (SSSR count). The predicted molar refractivity (Wildman–Crippen MR) is 95.8 cm³/mol. The Kier molecular flexibility index (Phi) is 5.53. The van der Waals surface area contributed by atoms with Crippen LogP contribution in [-0.2, 0) is 16.1 Å². The Bertz CT molecular complexity index is 759. The quantitative estimate of drug-likeness (QED) is 0.657. The largest absolute Gasteiger partial charge is 0.465 e. The third-order valence-corrected chi connectivity index (χ3v) is 5.74. The molecule has 1 aliphatic rings. The Hall–Kier alpha value is -2.15. The summed E-state index contributed by atoms with van der Waals surface area (Å²) in [5.74, 6) is -0.570. The summed E-state index contributed by atoms with van der Waals surface area (Å²) in [7, 11) is 1.34. The van der Waals surface area contributed by atoms with E-state index in [1.807, 2.05) is 35.4 Å². The van der Waals surface area contributed by atoms with E-state index in [2.05, 4.69) is 10.00 Å². The Labute approximate surface area is 151 Å². The number of carbonyl (C=O) groups excluding carboxylic acids is 2. The first-order chi connectivity index (χ1) is 12.1. The number of ether oxygens (including phenoxy) is 1. The highest BCUT2D eigenvalue weighted by Gasteiger charge is 2.24. The molecule has 0 radical (unpaired) electrons. The molecule has 1 saturated carbocycles. The highest BCUT2D eigenvalue weighted by atomic mass is 32.1. The zero-order chi connectivity index (χ0) is 17.8. The van der Waals surface area contributed by atoms with Crippen molar-refractivity contribution < 1.29 is 19.0 Å². The van der Waals surface area contributed by atoms with Crippen LogP contribution in [0.5, 0.6) is 0 Å². The van der Waals surface area contributed by atoms with E-state index in [9.17, 15) is 9.59 Å². The van der Waals surface area contributed by atoms with Crippen LogP contribution in [0.2, 0.25) is 0 Å². The van der Waals surface area contributed by atoms with E-state index in [0.717, 1.165) is 18.4 Å². The number of nitrogens with one attached hydrogen (secondary N) is 1. The molecule has 0 saturated heterocycles. The van der Waals surface area contributed by atoms with Crippen molar-refractivity contribution in [2.75, 3.05) is 12.4 Å². The second-order valence-electron chi connectivity index (χ2n) is 6.42. The smallest absolute Gasteiger partial charge is 0.350 e. The van der Waals surface area contributed by atoms with Crippen molar-refractivity contribution in [1.29, 1.82) is 0 Å². The molecule has 1 amide bonds. The van der Waals surface area contributed by atoms with Crippen LogP contribution in [0.25, 0.3) is 0 Å². The normalized spacial score (nSPS) is 15.1. The number of hydrogen-bond acceptors (Lipinski definition) is 4. The molecule has 1 aliphatic carbocycles. The molecule has 7 heteroatoms. The van der Waals surface area contributed by atoms with Crippen LogP contribution < -0.4 is 10.00 Å². The topological polar surface area (TPSA) is 64.2 Å². The second kappa shape index (κ2) is 7.82. The minimum atomic E-state index is -0.424. The molecular formula is C18H24N3O3S+. The zero-order valence-electron chi connectivity index (χ0n) is 14.7. The fourth-order valence-corrected chi connectivity index (χ4v) is 4.29. The average Bonchev–Trinajstić information content (AvgIpc) is 3.22.